The zero-order chi connectivity index (χ0) is 9.90. The van der Waals surface area contributed by atoms with E-state index in [1.807, 2.05) is 0 Å². The van der Waals surface area contributed by atoms with E-state index in [2.05, 4.69) is 16.0 Å². The van der Waals surface area contributed by atoms with Crippen LogP contribution in [0.2, 0.25) is 0 Å². The molecule has 69 valence electrons. The van der Waals surface area contributed by atoms with Crippen LogP contribution in [0.3, 0.4) is 0 Å². The van der Waals surface area contributed by atoms with Gasteiger partial charge in [0.1, 0.15) is 0 Å². The Hall–Kier alpha value is -0.641. The Morgan fingerprint density at radius 2 is 1.77 bits per heavy atom. The van der Waals surface area contributed by atoms with Crippen molar-refractivity contribution in [2.24, 2.45) is 0 Å². The van der Waals surface area contributed by atoms with Crippen LogP contribution in [-0.4, -0.2) is 24.4 Å². The van der Waals surface area contributed by atoms with E-state index < -0.39 is 10.2 Å². The third-order valence-electron chi connectivity index (χ3n) is 1.30. The van der Waals surface area contributed by atoms with Crippen LogP contribution in [-0.2, 0) is 10.2 Å². The molecule has 0 bridgehead atoms. The van der Waals surface area contributed by atoms with Crippen LogP contribution in [0.15, 0.2) is 29.7 Å². The van der Waals surface area contributed by atoms with Gasteiger partial charge in [0.2, 0.25) is 0 Å². The van der Waals surface area contributed by atoms with Crippen molar-refractivity contribution in [1.29, 1.82) is 0 Å². The van der Waals surface area contributed by atoms with Crippen LogP contribution >= 0.6 is 0 Å². The first-order valence-corrected chi connectivity index (χ1v) is 5.67. The van der Waals surface area contributed by atoms with E-state index in [1.165, 1.54) is 6.08 Å². The van der Waals surface area contributed by atoms with Gasteiger partial charge in [0.25, 0.3) is 0 Å². The van der Waals surface area contributed by atoms with Crippen molar-refractivity contribution in [1.82, 2.24) is 0 Å². The van der Waals surface area contributed by atoms with Crippen molar-refractivity contribution in [3.8, 4) is 0 Å². The molecule has 0 fully saturated rings. The molecule has 0 N–H and O–H groups in total. The summed E-state index contributed by atoms with van der Waals surface area (Å²) in [5.74, 6) is 0. The second-order valence-electron chi connectivity index (χ2n) is 2.35. The summed E-state index contributed by atoms with van der Waals surface area (Å²) in [4.78, 5) is 0. The van der Waals surface area contributed by atoms with E-state index in [1.54, 1.807) is 24.3 Å². The molecule has 0 unspecified atom stereocenters. The fourth-order valence-corrected chi connectivity index (χ4v) is 1.34. The van der Waals surface area contributed by atoms with Gasteiger partial charge in [-0.2, -0.15) is 0 Å². The number of benzene rings is 1. The molecule has 0 aliphatic heterocycles. The molecule has 0 aliphatic carbocycles. The third-order valence-corrected chi connectivity index (χ3v) is 2.34. The van der Waals surface area contributed by atoms with Gasteiger partial charge in [0.15, 0.2) is 0 Å². The molecule has 2 nitrogen and oxygen atoms in total. The summed E-state index contributed by atoms with van der Waals surface area (Å²) in [6.45, 7) is 0. The summed E-state index contributed by atoms with van der Waals surface area (Å²) in [5.41, 5.74) is 0.639. The average molecular weight is 264 g/mol. The summed E-state index contributed by atoms with van der Waals surface area (Å²) >= 11 is 2.79. The molecule has 0 spiro atoms. The first kappa shape index (κ1) is 10.4. The van der Waals surface area contributed by atoms with Crippen LogP contribution in [0, 0.1) is 0 Å². The summed E-state index contributed by atoms with van der Waals surface area (Å²) in [7, 11) is -4.52. The SMILES string of the molecule is O=S(=O)(F)/C=C/c1ccc([Se])cc1. The van der Waals surface area contributed by atoms with Crippen LogP contribution in [0.5, 0.6) is 0 Å². The summed E-state index contributed by atoms with van der Waals surface area (Å²) in [5, 5.41) is 0.529. The Balaban J connectivity index is 2.88. The molecule has 0 aliphatic rings. The van der Waals surface area contributed by atoms with E-state index >= 15 is 0 Å². The minimum atomic E-state index is -4.52. The van der Waals surface area contributed by atoms with Crippen LogP contribution < -0.4 is 4.46 Å². The first-order valence-electron chi connectivity index (χ1n) is 3.37. The molecule has 1 aromatic carbocycles. The first-order chi connectivity index (χ1) is 5.97. The Morgan fingerprint density at radius 3 is 2.23 bits per heavy atom. The van der Waals surface area contributed by atoms with E-state index in [0.29, 0.717) is 11.0 Å². The second-order valence-corrected chi connectivity index (χ2v) is 4.56. The molecule has 0 atom stereocenters. The topological polar surface area (TPSA) is 34.1 Å². The average Bonchev–Trinajstić information content (AvgIpc) is 2.02. The number of halogens is 1. The Morgan fingerprint density at radius 1 is 1.23 bits per heavy atom. The van der Waals surface area contributed by atoms with E-state index in [9.17, 15) is 12.3 Å². The van der Waals surface area contributed by atoms with Gasteiger partial charge in [0, 0.05) is 0 Å². The van der Waals surface area contributed by atoms with Gasteiger partial charge in [-0.3, -0.25) is 0 Å². The predicted molar refractivity (Wildman–Crippen MR) is 50.9 cm³/mol. The van der Waals surface area contributed by atoms with E-state index in [-0.39, 0.29) is 0 Å². The Labute approximate surface area is 84.5 Å². The van der Waals surface area contributed by atoms with Crippen molar-refractivity contribution in [3.63, 3.8) is 0 Å². The predicted octanol–water partition coefficient (Wildman–Crippen LogP) is 0.750. The molecule has 13 heavy (non-hydrogen) atoms. The number of rotatable bonds is 2. The van der Waals surface area contributed by atoms with Gasteiger partial charge in [-0.1, -0.05) is 0 Å². The normalized spacial score (nSPS) is 12.1. The van der Waals surface area contributed by atoms with Crippen molar-refractivity contribution >= 4 is 36.8 Å². The molecule has 0 saturated carbocycles. The Bertz CT molecular complexity index is 408. The quantitative estimate of drug-likeness (QED) is 0.583. The van der Waals surface area contributed by atoms with Crippen molar-refractivity contribution in [2.45, 2.75) is 0 Å². The molecular weight excluding hydrogens is 258 g/mol. The van der Waals surface area contributed by atoms with Crippen molar-refractivity contribution < 1.29 is 12.3 Å². The zero-order valence-corrected chi connectivity index (χ0v) is 9.00. The van der Waals surface area contributed by atoms with Gasteiger partial charge in [-0.25, -0.2) is 0 Å². The third kappa shape index (κ3) is 4.22. The monoisotopic (exact) mass is 265 g/mol. The summed E-state index contributed by atoms with van der Waals surface area (Å²) < 4.78 is 33.2. The van der Waals surface area contributed by atoms with E-state index in [0.717, 1.165) is 4.46 Å². The molecule has 0 heterocycles. The minimum absolute atomic E-state index is 0.529. The maximum absolute atomic E-state index is 12.0. The van der Waals surface area contributed by atoms with Gasteiger partial charge in [0.05, 0.1) is 0 Å². The zero-order valence-electron chi connectivity index (χ0n) is 6.48. The van der Waals surface area contributed by atoms with Crippen molar-refractivity contribution in [2.75, 3.05) is 0 Å². The molecular formula is C8H6FO2SSe. The second kappa shape index (κ2) is 4.05. The molecule has 1 aromatic rings. The van der Waals surface area contributed by atoms with Crippen LogP contribution in [0.4, 0.5) is 3.89 Å². The van der Waals surface area contributed by atoms with Gasteiger partial charge in [-0.05, 0) is 0 Å². The summed E-state index contributed by atoms with van der Waals surface area (Å²) in [6.07, 6.45) is 1.20. The van der Waals surface area contributed by atoms with Crippen LogP contribution in [0.25, 0.3) is 6.08 Å². The van der Waals surface area contributed by atoms with E-state index in [4.69, 9.17) is 0 Å². The van der Waals surface area contributed by atoms with Crippen LogP contribution in [0.1, 0.15) is 5.56 Å². The fourth-order valence-electron chi connectivity index (χ4n) is 0.739. The number of hydrogen-bond acceptors (Lipinski definition) is 2. The van der Waals surface area contributed by atoms with Crippen molar-refractivity contribution in [3.05, 3.63) is 35.2 Å². The van der Waals surface area contributed by atoms with Gasteiger partial charge in [-0.15, -0.1) is 0 Å². The molecule has 0 aromatic heterocycles. The molecule has 5 heteroatoms. The summed E-state index contributed by atoms with van der Waals surface area (Å²) in [6, 6.07) is 6.91. The molecule has 1 rings (SSSR count). The standard InChI is InChI=1S/C8H6FO2SSe/c9-12(10,11)6-5-7-1-3-8(13)4-2-7/h1-6H/b6-5+. The fraction of sp³-hybridized carbons (Fsp3) is 0. The maximum atomic E-state index is 12.0. The Kier molecular flexibility index (Phi) is 3.25. The molecule has 0 saturated heterocycles. The van der Waals surface area contributed by atoms with Gasteiger partial charge < -0.3 is 0 Å². The van der Waals surface area contributed by atoms with Gasteiger partial charge >= 0.3 is 84.3 Å². The molecule has 0 amide bonds. The molecule has 1 radical (unpaired) electrons. The number of hydrogen-bond donors (Lipinski definition) is 0.